The molecule has 1 saturated heterocycles. The fraction of sp³-hybridized carbons (Fsp3) is 0.667. The van der Waals surface area contributed by atoms with Gasteiger partial charge in [-0.2, -0.15) is 0 Å². The molecule has 3 nitrogen and oxygen atoms in total. The summed E-state index contributed by atoms with van der Waals surface area (Å²) in [6, 6.07) is 4.85. The molecule has 1 aliphatic rings. The van der Waals surface area contributed by atoms with Gasteiger partial charge in [0.2, 0.25) is 0 Å². The van der Waals surface area contributed by atoms with Crippen molar-refractivity contribution in [3.63, 3.8) is 0 Å². The standard InChI is InChI=1S/C13H21N3.C2H6/c1-10(2)13-9-12(5-8-15-13)16-11-3-6-14-7-4-11;1-2/h5,8-11,14H,3-4,6-7H2,1-2H3,(H,15,16);1-2H3. The first kappa shape index (κ1) is 15.0. The molecule has 0 atom stereocenters. The zero-order valence-electron chi connectivity index (χ0n) is 12.2. The Morgan fingerprint density at radius 2 is 1.94 bits per heavy atom. The summed E-state index contributed by atoms with van der Waals surface area (Å²) < 4.78 is 0. The molecule has 0 unspecified atom stereocenters. The fourth-order valence-electron chi connectivity index (χ4n) is 2.06. The fourth-order valence-corrected chi connectivity index (χ4v) is 2.06. The van der Waals surface area contributed by atoms with Crippen LogP contribution in [0, 0.1) is 0 Å². The van der Waals surface area contributed by atoms with E-state index in [0.717, 1.165) is 13.1 Å². The van der Waals surface area contributed by atoms with Gasteiger partial charge in [0.25, 0.3) is 0 Å². The normalized spacial score (nSPS) is 16.1. The first-order valence-corrected chi connectivity index (χ1v) is 7.19. The number of piperidine rings is 1. The summed E-state index contributed by atoms with van der Waals surface area (Å²) in [5.74, 6) is 0.495. The number of pyridine rings is 1. The molecule has 1 fully saturated rings. The predicted octanol–water partition coefficient (Wildman–Crippen LogP) is 3.40. The monoisotopic (exact) mass is 249 g/mol. The van der Waals surface area contributed by atoms with Crippen molar-refractivity contribution in [1.29, 1.82) is 0 Å². The van der Waals surface area contributed by atoms with Crippen LogP contribution in [0.4, 0.5) is 5.69 Å². The molecule has 0 radical (unpaired) electrons. The van der Waals surface area contributed by atoms with Crippen LogP contribution in [-0.2, 0) is 0 Å². The summed E-state index contributed by atoms with van der Waals surface area (Å²) in [6.07, 6.45) is 4.32. The van der Waals surface area contributed by atoms with E-state index < -0.39 is 0 Å². The van der Waals surface area contributed by atoms with Crippen LogP contribution in [0.25, 0.3) is 0 Å². The van der Waals surface area contributed by atoms with Gasteiger partial charge in [0.05, 0.1) is 0 Å². The van der Waals surface area contributed by atoms with Crippen molar-refractivity contribution in [3.8, 4) is 0 Å². The van der Waals surface area contributed by atoms with Gasteiger partial charge in [-0.15, -0.1) is 0 Å². The number of aromatic nitrogens is 1. The number of anilines is 1. The molecule has 1 aromatic rings. The predicted molar refractivity (Wildman–Crippen MR) is 79.2 cm³/mol. The second-order valence-corrected chi connectivity index (χ2v) is 4.79. The smallest absolute Gasteiger partial charge is 0.0449 e. The second-order valence-electron chi connectivity index (χ2n) is 4.79. The SMILES string of the molecule is CC.CC(C)c1cc(NC2CCNCC2)ccn1. The third kappa shape index (κ3) is 4.65. The lowest BCUT2D eigenvalue weighted by atomic mass is 10.1. The van der Waals surface area contributed by atoms with Gasteiger partial charge < -0.3 is 10.6 Å². The molecule has 0 spiro atoms. The number of hydrogen-bond donors (Lipinski definition) is 2. The highest BCUT2D eigenvalue weighted by Crippen LogP contribution is 2.18. The Hall–Kier alpha value is -1.09. The zero-order chi connectivity index (χ0) is 13.4. The van der Waals surface area contributed by atoms with Crippen molar-refractivity contribution in [1.82, 2.24) is 10.3 Å². The van der Waals surface area contributed by atoms with E-state index in [-0.39, 0.29) is 0 Å². The molecule has 0 bridgehead atoms. The number of hydrogen-bond acceptors (Lipinski definition) is 3. The maximum atomic E-state index is 4.38. The van der Waals surface area contributed by atoms with E-state index in [1.165, 1.54) is 24.2 Å². The summed E-state index contributed by atoms with van der Waals surface area (Å²) in [5, 5.41) is 6.97. The van der Waals surface area contributed by atoms with Gasteiger partial charge in [0.15, 0.2) is 0 Å². The van der Waals surface area contributed by atoms with E-state index in [9.17, 15) is 0 Å². The summed E-state index contributed by atoms with van der Waals surface area (Å²) in [6.45, 7) is 10.6. The van der Waals surface area contributed by atoms with Crippen LogP contribution in [0.1, 0.15) is 52.1 Å². The zero-order valence-corrected chi connectivity index (χ0v) is 12.2. The highest BCUT2D eigenvalue weighted by molar-refractivity contribution is 5.44. The van der Waals surface area contributed by atoms with Crippen molar-refractivity contribution >= 4 is 5.69 Å². The summed E-state index contributed by atoms with van der Waals surface area (Å²) >= 11 is 0. The molecule has 0 aromatic carbocycles. The van der Waals surface area contributed by atoms with E-state index in [1.54, 1.807) is 0 Å². The summed E-state index contributed by atoms with van der Waals surface area (Å²) in [7, 11) is 0. The molecule has 3 heteroatoms. The Kier molecular flexibility index (Phi) is 6.73. The van der Waals surface area contributed by atoms with Gasteiger partial charge in [-0.05, 0) is 44.0 Å². The van der Waals surface area contributed by atoms with Gasteiger partial charge in [0, 0.05) is 23.6 Å². The number of nitrogens with one attached hydrogen (secondary N) is 2. The maximum absolute atomic E-state index is 4.38. The topological polar surface area (TPSA) is 37.0 Å². The number of nitrogens with zero attached hydrogens (tertiary/aromatic N) is 1. The third-order valence-electron chi connectivity index (χ3n) is 3.08. The van der Waals surface area contributed by atoms with Gasteiger partial charge in [0.1, 0.15) is 0 Å². The minimum Gasteiger partial charge on any atom is -0.382 e. The lowest BCUT2D eigenvalue weighted by molar-refractivity contribution is 0.479. The van der Waals surface area contributed by atoms with Gasteiger partial charge in [-0.25, -0.2) is 0 Å². The molecule has 2 N–H and O–H groups in total. The maximum Gasteiger partial charge on any atom is 0.0449 e. The Morgan fingerprint density at radius 1 is 1.28 bits per heavy atom. The average molecular weight is 249 g/mol. The molecule has 0 saturated carbocycles. The Bertz CT molecular complexity index is 330. The molecule has 2 heterocycles. The molecule has 102 valence electrons. The molecule has 2 rings (SSSR count). The van der Waals surface area contributed by atoms with Crippen LogP contribution in [0.3, 0.4) is 0 Å². The number of rotatable bonds is 3. The first-order valence-electron chi connectivity index (χ1n) is 7.19. The van der Waals surface area contributed by atoms with E-state index >= 15 is 0 Å². The molecule has 0 amide bonds. The quantitative estimate of drug-likeness (QED) is 0.862. The highest BCUT2D eigenvalue weighted by Gasteiger charge is 2.12. The second kappa shape index (κ2) is 8.09. The Labute approximate surface area is 111 Å². The van der Waals surface area contributed by atoms with Gasteiger partial charge >= 0.3 is 0 Å². The van der Waals surface area contributed by atoms with Crippen molar-refractivity contribution in [2.24, 2.45) is 0 Å². The minimum atomic E-state index is 0.495. The highest BCUT2D eigenvalue weighted by atomic mass is 15.0. The van der Waals surface area contributed by atoms with Crippen LogP contribution in [-0.4, -0.2) is 24.1 Å². The van der Waals surface area contributed by atoms with Crippen molar-refractivity contribution < 1.29 is 0 Å². The van der Waals surface area contributed by atoms with E-state index in [2.05, 4.69) is 41.6 Å². The lowest BCUT2D eigenvalue weighted by Crippen LogP contribution is -2.35. The van der Waals surface area contributed by atoms with Crippen LogP contribution >= 0.6 is 0 Å². The molecular formula is C15H27N3. The van der Waals surface area contributed by atoms with E-state index in [1.807, 2.05) is 20.0 Å². The summed E-state index contributed by atoms with van der Waals surface area (Å²) in [4.78, 5) is 4.38. The minimum absolute atomic E-state index is 0.495. The Balaban J connectivity index is 0.000000771. The van der Waals surface area contributed by atoms with Crippen LogP contribution in [0.5, 0.6) is 0 Å². The molecule has 0 aliphatic carbocycles. The van der Waals surface area contributed by atoms with Crippen LogP contribution < -0.4 is 10.6 Å². The molecule has 1 aromatic heterocycles. The van der Waals surface area contributed by atoms with Gasteiger partial charge in [-0.3, -0.25) is 4.98 Å². The lowest BCUT2D eigenvalue weighted by Gasteiger charge is -2.24. The summed E-state index contributed by atoms with van der Waals surface area (Å²) in [5.41, 5.74) is 2.38. The van der Waals surface area contributed by atoms with Crippen LogP contribution in [0.15, 0.2) is 18.3 Å². The first-order chi connectivity index (χ1) is 8.75. The third-order valence-corrected chi connectivity index (χ3v) is 3.08. The van der Waals surface area contributed by atoms with Gasteiger partial charge in [-0.1, -0.05) is 27.7 Å². The van der Waals surface area contributed by atoms with Crippen molar-refractivity contribution in [3.05, 3.63) is 24.0 Å². The Morgan fingerprint density at radius 3 is 2.56 bits per heavy atom. The molecule has 1 aliphatic heterocycles. The molecular weight excluding hydrogens is 222 g/mol. The van der Waals surface area contributed by atoms with E-state index in [0.29, 0.717) is 12.0 Å². The van der Waals surface area contributed by atoms with Crippen molar-refractivity contribution in [2.45, 2.75) is 52.5 Å². The largest absolute Gasteiger partial charge is 0.382 e. The average Bonchev–Trinajstić information content (AvgIpc) is 2.42. The van der Waals surface area contributed by atoms with E-state index in [4.69, 9.17) is 0 Å². The molecule has 18 heavy (non-hydrogen) atoms. The van der Waals surface area contributed by atoms with Crippen LogP contribution in [0.2, 0.25) is 0 Å². The van der Waals surface area contributed by atoms with Crippen molar-refractivity contribution in [2.75, 3.05) is 18.4 Å².